The first-order chi connectivity index (χ1) is 7.31. The third-order valence-corrected chi connectivity index (χ3v) is 3.53. The Bertz CT molecular complexity index is 377. The molecule has 1 aliphatic carbocycles. The fourth-order valence-corrected chi connectivity index (χ4v) is 2.53. The first-order valence-electron chi connectivity index (χ1n) is 5.79. The van der Waals surface area contributed by atoms with Gasteiger partial charge < -0.3 is 0 Å². The van der Waals surface area contributed by atoms with E-state index in [-0.39, 0.29) is 0 Å². The zero-order valence-electron chi connectivity index (χ0n) is 9.22. The van der Waals surface area contributed by atoms with Gasteiger partial charge in [0.05, 0.1) is 0 Å². The second-order valence-corrected chi connectivity index (χ2v) is 5.11. The van der Waals surface area contributed by atoms with Gasteiger partial charge in [-0.05, 0) is 48.1 Å². The molecule has 1 heteroatoms. The molecule has 0 N–H and O–H groups in total. The van der Waals surface area contributed by atoms with Crippen molar-refractivity contribution >= 4 is 21.5 Å². The molecule has 15 heavy (non-hydrogen) atoms. The Balaban J connectivity index is 2.08. The van der Waals surface area contributed by atoms with Crippen LogP contribution in [0.5, 0.6) is 0 Å². The summed E-state index contributed by atoms with van der Waals surface area (Å²) in [7, 11) is 0. The van der Waals surface area contributed by atoms with Crippen molar-refractivity contribution in [3.63, 3.8) is 0 Å². The Morgan fingerprint density at radius 1 is 1.27 bits per heavy atom. The van der Waals surface area contributed by atoms with E-state index in [0.717, 1.165) is 6.42 Å². The van der Waals surface area contributed by atoms with Crippen LogP contribution in [0.3, 0.4) is 0 Å². The molecule has 0 bridgehead atoms. The van der Waals surface area contributed by atoms with Crippen molar-refractivity contribution in [1.29, 1.82) is 0 Å². The molecule has 0 atom stereocenters. The summed E-state index contributed by atoms with van der Waals surface area (Å²) in [6.45, 7) is 2.26. The maximum Gasteiger partial charge on any atom is 0.0181 e. The fourth-order valence-electron chi connectivity index (χ4n) is 2.17. The summed E-state index contributed by atoms with van der Waals surface area (Å²) in [5.41, 5.74) is 4.52. The van der Waals surface area contributed by atoms with Crippen LogP contribution in [0.4, 0.5) is 0 Å². The van der Waals surface area contributed by atoms with E-state index >= 15 is 0 Å². The summed E-state index contributed by atoms with van der Waals surface area (Å²) in [6, 6.07) is 6.64. The molecule has 1 aromatic carbocycles. The van der Waals surface area contributed by atoms with Gasteiger partial charge in [0.25, 0.3) is 0 Å². The van der Waals surface area contributed by atoms with E-state index in [4.69, 9.17) is 0 Å². The third kappa shape index (κ3) is 2.52. The monoisotopic (exact) mass is 264 g/mol. The summed E-state index contributed by atoms with van der Waals surface area (Å²) < 4.78 is 1.20. The lowest BCUT2D eigenvalue weighted by Gasteiger charge is -2.06. The molecule has 0 spiro atoms. The number of rotatable bonds is 4. The van der Waals surface area contributed by atoms with Gasteiger partial charge in [-0.3, -0.25) is 0 Å². The lowest BCUT2D eigenvalue weighted by atomic mass is 10.0. The number of allylic oxidation sites excluding steroid dienone is 2. The number of benzene rings is 1. The van der Waals surface area contributed by atoms with Crippen LogP contribution in [0.15, 0.2) is 28.7 Å². The quantitative estimate of drug-likeness (QED) is 0.674. The highest BCUT2D eigenvalue weighted by atomic mass is 79.9. The molecule has 0 saturated heterocycles. The lowest BCUT2D eigenvalue weighted by Crippen LogP contribution is -1.85. The predicted molar refractivity (Wildman–Crippen MR) is 70.0 cm³/mol. The molecule has 1 aromatic rings. The van der Waals surface area contributed by atoms with E-state index < -0.39 is 0 Å². The van der Waals surface area contributed by atoms with Crippen molar-refractivity contribution in [3.05, 3.63) is 39.9 Å². The van der Waals surface area contributed by atoms with Crippen LogP contribution in [0.25, 0.3) is 5.57 Å². The van der Waals surface area contributed by atoms with Gasteiger partial charge in [-0.2, -0.15) is 0 Å². The summed E-state index contributed by atoms with van der Waals surface area (Å²) in [5.74, 6) is 0. The number of fused-ring (bicyclic) bond motifs is 1. The highest BCUT2D eigenvalue weighted by molar-refractivity contribution is 9.10. The molecule has 0 fully saturated rings. The van der Waals surface area contributed by atoms with Crippen molar-refractivity contribution in [2.45, 2.75) is 39.0 Å². The maximum atomic E-state index is 3.55. The van der Waals surface area contributed by atoms with Crippen molar-refractivity contribution < 1.29 is 0 Å². The smallest absolute Gasteiger partial charge is 0.0181 e. The van der Waals surface area contributed by atoms with Crippen molar-refractivity contribution in [1.82, 2.24) is 0 Å². The van der Waals surface area contributed by atoms with Crippen LogP contribution in [-0.2, 0) is 6.42 Å². The average Bonchev–Trinajstić information content (AvgIpc) is 2.62. The van der Waals surface area contributed by atoms with Crippen molar-refractivity contribution in [2.24, 2.45) is 0 Å². The molecular formula is C14H17Br. The second kappa shape index (κ2) is 4.98. The van der Waals surface area contributed by atoms with Gasteiger partial charge in [-0.1, -0.05) is 47.8 Å². The van der Waals surface area contributed by atoms with E-state index in [9.17, 15) is 0 Å². The summed E-state index contributed by atoms with van der Waals surface area (Å²) >= 11 is 3.55. The fraction of sp³-hybridized carbons (Fsp3) is 0.429. The Hall–Kier alpha value is -0.560. The van der Waals surface area contributed by atoms with E-state index in [0.29, 0.717) is 0 Å². The average molecular weight is 265 g/mol. The molecule has 80 valence electrons. The highest BCUT2D eigenvalue weighted by Gasteiger charge is 2.13. The number of hydrogen-bond donors (Lipinski definition) is 0. The van der Waals surface area contributed by atoms with Crippen LogP contribution in [0.2, 0.25) is 0 Å². The number of halogens is 1. The highest BCUT2D eigenvalue weighted by Crippen LogP contribution is 2.33. The summed E-state index contributed by atoms with van der Waals surface area (Å²) in [5, 5.41) is 0. The zero-order chi connectivity index (χ0) is 10.7. The minimum Gasteiger partial charge on any atom is -0.0763 e. The van der Waals surface area contributed by atoms with Crippen LogP contribution in [-0.4, -0.2) is 0 Å². The first-order valence-corrected chi connectivity index (χ1v) is 6.58. The Morgan fingerprint density at radius 3 is 2.93 bits per heavy atom. The summed E-state index contributed by atoms with van der Waals surface area (Å²) in [6.07, 6.45) is 8.75. The topological polar surface area (TPSA) is 0 Å². The Kier molecular flexibility index (Phi) is 3.63. The molecule has 0 aliphatic heterocycles. The van der Waals surface area contributed by atoms with Gasteiger partial charge in [-0.25, -0.2) is 0 Å². The van der Waals surface area contributed by atoms with Gasteiger partial charge in [0.1, 0.15) is 0 Å². The van der Waals surface area contributed by atoms with Crippen LogP contribution in [0.1, 0.15) is 43.7 Å². The Morgan fingerprint density at radius 2 is 2.13 bits per heavy atom. The van der Waals surface area contributed by atoms with Gasteiger partial charge in [-0.15, -0.1) is 0 Å². The molecule has 0 saturated carbocycles. The molecule has 1 aliphatic rings. The zero-order valence-corrected chi connectivity index (χ0v) is 10.8. The van der Waals surface area contributed by atoms with E-state index in [1.165, 1.54) is 41.3 Å². The van der Waals surface area contributed by atoms with Crippen LogP contribution in [0, 0.1) is 0 Å². The lowest BCUT2D eigenvalue weighted by molar-refractivity contribution is 0.736. The molecule has 0 nitrogen and oxygen atoms in total. The van der Waals surface area contributed by atoms with Crippen LogP contribution >= 0.6 is 15.9 Å². The molecule has 0 unspecified atom stereocenters. The second-order valence-electron chi connectivity index (χ2n) is 4.19. The van der Waals surface area contributed by atoms with Gasteiger partial charge >= 0.3 is 0 Å². The minimum absolute atomic E-state index is 1.13. The van der Waals surface area contributed by atoms with Gasteiger partial charge in [0, 0.05) is 4.47 Å². The standard InChI is InChI=1S/C14H17Br/c1-2-3-4-5-11-6-7-12-8-9-13(15)10-14(11)12/h6,8-10H,2-5,7H2,1H3. The van der Waals surface area contributed by atoms with Gasteiger partial charge in [0.15, 0.2) is 0 Å². The largest absolute Gasteiger partial charge is 0.0763 e. The first kappa shape index (κ1) is 10.9. The van der Waals surface area contributed by atoms with E-state index in [2.05, 4.69) is 47.1 Å². The number of hydrogen-bond acceptors (Lipinski definition) is 0. The molecule has 0 radical (unpaired) electrons. The van der Waals surface area contributed by atoms with Crippen molar-refractivity contribution in [2.75, 3.05) is 0 Å². The molecule has 2 rings (SSSR count). The predicted octanol–water partition coefficient (Wildman–Crippen LogP) is 4.97. The normalized spacial score (nSPS) is 13.9. The summed E-state index contributed by atoms with van der Waals surface area (Å²) in [4.78, 5) is 0. The molecular weight excluding hydrogens is 248 g/mol. The van der Waals surface area contributed by atoms with Crippen molar-refractivity contribution in [3.8, 4) is 0 Å². The minimum atomic E-state index is 1.13. The van der Waals surface area contributed by atoms with Gasteiger partial charge in [0.2, 0.25) is 0 Å². The van der Waals surface area contributed by atoms with E-state index in [1.807, 2.05) is 0 Å². The SMILES string of the molecule is CCCCCC1=CCc2ccc(Br)cc21. The molecule has 0 heterocycles. The molecule has 0 amide bonds. The maximum absolute atomic E-state index is 3.55. The third-order valence-electron chi connectivity index (χ3n) is 3.04. The van der Waals surface area contributed by atoms with E-state index in [1.54, 1.807) is 5.57 Å². The Labute approximate surface area is 101 Å². The number of unbranched alkanes of at least 4 members (excludes halogenated alkanes) is 2. The molecule has 0 aromatic heterocycles. The van der Waals surface area contributed by atoms with Crippen LogP contribution < -0.4 is 0 Å².